The molecule has 2 nitrogen and oxygen atoms in total. The summed E-state index contributed by atoms with van der Waals surface area (Å²) in [4.78, 5) is 2.71. The van der Waals surface area contributed by atoms with Crippen LogP contribution in [0.4, 0.5) is 0 Å². The van der Waals surface area contributed by atoms with E-state index in [0.717, 1.165) is 18.4 Å². The minimum absolute atomic E-state index is 0.881. The van der Waals surface area contributed by atoms with Crippen LogP contribution >= 0.6 is 0 Å². The van der Waals surface area contributed by atoms with Crippen LogP contribution in [0, 0.1) is 11.8 Å². The van der Waals surface area contributed by atoms with Crippen molar-refractivity contribution in [2.45, 2.75) is 65.7 Å². The highest BCUT2D eigenvalue weighted by atomic mass is 15.1. The molecule has 1 unspecified atom stereocenters. The van der Waals surface area contributed by atoms with Crippen molar-refractivity contribution >= 4 is 0 Å². The van der Waals surface area contributed by atoms with Gasteiger partial charge in [0.15, 0.2) is 0 Å². The Kier molecular flexibility index (Phi) is 9.54. The fourth-order valence-corrected chi connectivity index (χ4v) is 3.19. The molecule has 0 saturated carbocycles. The van der Waals surface area contributed by atoms with Gasteiger partial charge >= 0.3 is 0 Å². The zero-order chi connectivity index (χ0) is 13.9. The third-order valence-electron chi connectivity index (χ3n) is 4.64. The number of hydrogen-bond donors (Lipinski definition) is 1. The van der Waals surface area contributed by atoms with E-state index >= 15 is 0 Å². The Bertz CT molecular complexity index is 203. The molecule has 1 rings (SSSR count). The predicted octanol–water partition coefficient (Wildman–Crippen LogP) is 3.91. The zero-order valence-corrected chi connectivity index (χ0v) is 13.6. The van der Waals surface area contributed by atoms with Gasteiger partial charge in [-0.05, 0) is 76.7 Å². The van der Waals surface area contributed by atoms with E-state index in [2.05, 4.69) is 31.0 Å². The van der Waals surface area contributed by atoms with Gasteiger partial charge in [-0.1, -0.05) is 33.6 Å². The van der Waals surface area contributed by atoms with Crippen LogP contribution in [0.25, 0.3) is 0 Å². The highest BCUT2D eigenvalue weighted by Gasteiger charge is 2.18. The number of unbranched alkanes of at least 4 members (excludes halogenated alkanes) is 3. The summed E-state index contributed by atoms with van der Waals surface area (Å²) in [5, 5.41) is 3.40. The molecule has 0 aromatic rings. The van der Waals surface area contributed by atoms with Gasteiger partial charge < -0.3 is 10.2 Å². The maximum Gasteiger partial charge on any atom is -0.00160 e. The Morgan fingerprint density at radius 3 is 2.58 bits per heavy atom. The van der Waals surface area contributed by atoms with Crippen LogP contribution in [0.3, 0.4) is 0 Å². The molecule has 0 aliphatic carbocycles. The van der Waals surface area contributed by atoms with Crippen LogP contribution < -0.4 is 5.32 Å². The van der Waals surface area contributed by atoms with Crippen molar-refractivity contribution in [1.82, 2.24) is 10.2 Å². The molecule has 1 atom stereocenters. The average Bonchev–Trinajstić information content (AvgIpc) is 2.63. The molecule has 0 aromatic heterocycles. The second-order valence-electron chi connectivity index (χ2n) is 6.54. The normalized spacial score (nSPS) is 21.8. The summed E-state index contributed by atoms with van der Waals surface area (Å²) >= 11 is 0. The van der Waals surface area contributed by atoms with Crippen molar-refractivity contribution in [3.8, 4) is 0 Å². The topological polar surface area (TPSA) is 15.3 Å². The molecule has 1 aliphatic heterocycles. The van der Waals surface area contributed by atoms with E-state index in [1.165, 1.54) is 71.1 Å². The van der Waals surface area contributed by atoms with Crippen molar-refractivity contribution in [3.05, 3.63) is 0 Å². The molecule has 0 aromatic carbocycles. The molecule has 1 N–H and O–H groups in total. The first-order valence-corrected chi connectivity index (χ1v) is 8.67. The first-order valence-electron chi connectivity index (χ1n) is 8.67. The lowest BCUT2D eigenvalue weighted by molar-refractivity contribution is 0.266. The molecule has 114 valence electrons. The van der Waals surface area contributed by atoms with Gasteiger partial charge in [0, 0.05) is 0 Å². The van der Waals surface area contributed by atoms with Gasteiger partial charge in [0.25, 0.3) is 0 Å². The molecule has 0 spiro atoms. The van der Waals surface area contributed by atoms with Gasteiger partial charge in [0.05, 0.1) is 0 Å². The molecule has 1 fully saturated rings. The minimum Gasteiger partial charge on any atom is -0.317 e. The summed E-state index contributed by atoms with van der Waals surface area (Å²) in [6.45, 7) is 13.3. The van der Waals surface area contributed by atoms with Crippen LogP contribution in [-0.4, -0.2) is 37.6 Å². The van der Waals surface area contributed by atoms with Gasteiger partial charge in [-0.2, -0.15) is 0 Å². The molecule has 0 bridgehead atoms. The predicted molar refractivity (Wildman–Crippen MR) is 85.6 cm³/mol. The average molecular weight is 268 g/mol. The number of likely N-dealkylation sites (tertiary alicyclic amines) is 1. The fraction of sp³-hybridized carbons (Fsp3) is 1.00. The molecule has 2 heteroatoms. The van der Waals surface area contributed by atoms with Gasteiger partial charge in [0.2, 0.25) is 0 Å². The summed E-state index contributed by atoms with van der Waals surface area (Å²) in [5.74, 6) is 1.86. The van der Waals surface area contributed by atoms with E-state index in [9.17, 15) is 0 Å². The third kappa shape index (κ3) is 7.94. The SMILES string of the molecule is CCNCCCCCCN1CCCC(C(C)C)CC1. The summed E-state index contributed by atoms with van der Waals surface area (Å²) in [6.07, 6.45) is 9.87. The van der Waals surface area contributed by atoms with Crippen molar-refractivity contribution < 1.29 is 0 Å². The summed E-state index contributed by atoms with van der Waals surface area (Å²) < 4.78 is 0. The second-order valence-corrected chi connectivity index (χ2v) is 6.54. The van der Waals surface area contributed by atoms with Gasteiger partial charge in [-0.25, -0.2) is 0 Å². The molecular weight excluding hydrogens is 232 g/mol. The lowest BCUT2D eigenvalue weighted by Crippen LogP contribution is -2.26. The Morgan fingerprint density at radius 2 is 1.84 bits per heavy atom. The maximum absolute atomic E-state index is 3.40. The summed E-state index contributed by atoms with van der Waals surface area (Å²) in [6, 6.07) is 0. The van der Waals surface area contributed by atoms with Crippen molar-refractivity contribution in [2.24, 2.45) is 11.8 Å². The molecule has 19 heavy (non-hydrogen) atoms. The summed E-state index contributed by atoms with van der Waals surface area (Å²) in [7, 11) is 0. The molecule has 1 heterocycles. The van der Waals surface area contributed by atoms with Crippen molar-refractivity contribution in [2.75, 3.05) is 32.7 Å². The van der Waals surface area contributed by atoms with E-state index in [-0.39, 0.29) is 0 Å². The Hall–Kier alpha value is -0.0800. The van der Waals surface area contributed by atoms with Crippen LogP contribution in [0.2, 0.25) is 0 Å². The quantitative estimate of drug-likeness (QED) is 0.638. The van der Waals surface area contributed by atoms with Crippen LogP contribution in [0.1, 0.15) is 65.7 Å². The largest absolute Gasteiger partial charge is 0.317 e. The Morgan fingerprint density at radius 1 is 1.05 bits per heavy atom. The smallest absolute Gasteiger partial charge is 0.00160 e. The standard InChI is InChI=1S/C17H36N2/c1-4-18-12-7-5-6-8-13-19-14-9-10-17(11-15-19)16(2)3/h16-18H,4-15H2,1-3H3. The summed E-state index contributed by atoms with van der Waals surface area (Å²) in [5.41, 5.74) is 0. The van der Waals surface area contributed by atoms with Crippen LogP contribution in [-0.2, 0) is 0 Å². The first kappa shape index (κ1) is 17.0. The number of rotatable bonds is 9. The fourth-order valence-electron chi connectivity index (χ4n) is 3.19. The van der Waals surface area contributed by atoms with Crippen molar-refractivity contribution in [3.63, 3.8) is 0 Å². The highest BCUT2D eigenvalue weighted by molar-refractivity contribution is 4.72. The molecular formula is C17H36N2. The van der Waals surface area contributed by atoms with E-state index in [1.807, 2.05) is 0 Å². The zero-order valence-electron chi connectivity index (χ0n) is 13.6. The number of nitrogens with zero attached hydrogens (tertiary/aromatic N) is 1. The van der Waals surface area contributed by atoms with Gasteiger partial charge in [-0.15, -0.1) is 0 Å². The molecule has 0 radical (unpaired) electrons. The van der Waals surface area contributed by atoms with E-state index in [1.54, 1.807) is 0 Å². The maximum atomic E-state index is 3.40. The van der Waals surface area contributed by atoms with Gasteiger partial charge in [0.1, 0.15) is 0 Å². The first-order chi connectivity index (χ1) is 9.24. The van der Waals surface area contributed by atoms with E-state index in [0.29, 0.717) is 0 Å². The lowest BCUT2D eigenvalue weighted by Gasteiger charge is -2.21. The lowest BCUT2D eigenvalue weighted by atomic mass is 9.89. The molecule has 1 aliphatic rings. The molecule has 0 amide bonds. The number of hydrogen-bond acceptors (Lipinski definition) is 2. The van der Waals surface area contributed by atoms with E-state index < -0.39 is 0 Å². The van der Waals surface area contributed by atoms with Crippen molar-refractivity contribution in [1.29, 1.82) is 0 Å². The van der Waals surface area contributed by atoms with E-state index in [4.69, 9.17) is 0 Å². The van der Waals surface area contributed by atoms with Gasteiger partial charge in [-0.3, -0.25) is 0 Å². The Labute approximate surface area is 121 Å². The monoisotopic (exact) mass is 268 g/mol. The third-order valence-corrected chi connectivity index (χ3v) is 4.64. The van der Waals surface area contributed by atoms with Crippen LogP contribution in [0.5, 0.6) is 0 Å². The second kappa shape index (κ2) is 10.7. The van der Waals surface area contributed by atoms with Crippen LogP contribution in [0.15, 0.2) is 0 Å². The number of nitrogens with one attached hydrogen (secondary N) is 1. The molecule has 1 saturated heterocycles. The minimum atomic E-state index is 0.881. The Balaban J connectivity index is 2.00. The highest BCUT2D eigenvalue weighted by Crippen LogP contribution is 2.24.